The Morgan fingerprint density at radius 2 is 2.00 bits per heavy atom. The van der Waals surface area contributed by atoms with Crippen molar-refractivity contribution in [3.05, 3.63) is 78.5 Å². The number of aromatic nitrogens is 6. The maximum atomic E-state index is 14.3. The molecule has 5 rings (SSSR count). The summed E-state index contributed by atoms with van der Waals surface area (Å²) in [6, 6.07) is 9.25. The lowest BCUT2D eigenvalue weighted by molar-refractivity contribution is 0.619. The van der Waals surface area contributed by atoms with Gasteiger partial charge >= 0.3 is 0 Å². The Labute approximate surface area is 172 Å². The van der Waals surface area contributed by atoms with Crippen LogP contribution in [-0.4, -0.2) is 29.5 Å². The molecule has 9 heteroatoms. The summed E-state index contributed by atoms with van der Waals surface area (Å²) in [7, 11) is 0. The van der Waals surface area contributed by atoms with Crippen LogP contribution in [-0.2, 0) is 0 Å². The van der Waals surface area contributed by atoms with Gasteiger partial charge < -0.3 is 14.9 Å². The quantitative estimate of drug-likeness (QED) is 0.424. The van der Waals surface area contributed by atoms with E-state index >= 15 is 0 Å². The van der Waals surface area contributed by atoms with E-state index in [9.17, 15) is 4.39 Å². The van der Waals surface area contributed by atoms with Crippen molar-refractivity contribution in [3.8, 4) is 17.1 Å². The van der Waals surface area contributed by atoms with Gasteiger partial charge in [0.05, 0.1) is 17.5 Å². The van der Waals surface area contributed by atoms with E-state index in [0.29, 0.717) is 27.7 Å². The first-order valence-electron chi connectivity index (χ1n) is 8.68. The molecule has 0 spiro atoms. The van der Waals surface area contributed by atoms with E-state index in [0.717, 1.165) is 17.3 Å². The summed E-state index contributed by atoms with van der Waals surface area (Å²) in [5, 5.41) is 4.26. The molecule has 0 aliphatic rings. The second-order valence-electron chi connectivity index (χ2n) is 6.28. The number of anilines is 2. The number of imidazole rings is 1. The molecular weight excluding hydrogens is 393 g/mol. The highest BCUT2D eigenvalue weighted by molar-refractivity contribution is 6.31. The van der Waals surface area contributed by atoms with Crippen molar-refractivity contribution in [2.75, 3.05) is 5.32 Å². The molecule has 1 aromatic carbocycles. The van der Waals surface area contributed by atoms with Crippen molar-refractivity contribution in [1.82, 2.24) is 29.5 Å². The number of nitrogens with one attached hydrogen (secondary N) is 2. The second-order valence-corrected chi connectivity index (χ2v) is 6.72. The smallest absolute Gasteiger partial charge is 0.184 e. The van der Waals surface area contributed by atoms with Crippen LogP contribution < -0.4 is 5.32 Å². The Morgan fingerprint density at radius 3 is 2.79 bits per heavy atom. The monoisotopic (exact) mass is 409 g/mol. The molecule has 0 fully saturated rings. The minimum Gasteiger partial charge on any atom is -0.345 e. The zero-order valence-electron chi connectivity index (χ0n) is 14.8. The summed E-state index contributed by atoms with van der Waals surface area (Å²) in [4.78, 5) is 19.8. The van der Waals surface area contributed by atoms with Crippen molar-refractivity contribution in [2.24, 2.45) is 0 Å². The van der Waals surface area contributed by atoms with E-state index < -0.39 is 5.82 Å². The van der Waals surface area contributed by atoms with Crippen LogP contribution >= 0.6 is 11.6 Å². The number of benzene rings is 1. The SMILES string of the molecule is Fc1cnc(-c2c[nH]c3ncc(Cl)cc23)nc1Nc1ccc(-n2ccnc2)cc1.[HH].[HH]. The largest absolute Gasteiger partial charge is 0.345 e. The van der Waals surface area contributed by atoms with Gasteiger partial charge in [-0.05, 0) is 30.3 Å². The third-order valence-corrected chi connectivity index (χ3v) is 4.62. The van der Waals surface area contributed by atoms with E-state index in [1.807, 2.05) is 35.0 Å². The van der Waals surface area contributed by atoms with Gasteiger partial charge in [-0.15, -0.1) is 0 Å². The van der Waals surface area contributed by atoms with Gasteiger partial charge in [0.25, 0.3) is 0 Å². The molecule has 146 valence electrons. The summed E-state index contributed by atoms with van der Waals surface area (Å²) in [5.41, 5.74) is 2.98. The number of pyridine rings is 1. The number of fused-ring (bicyclic) bond motifs is 1. The standard InChI is InChI=1S/C20H13ClFN7.2H2/c21-12-7-15-16(9-25-18(15)24-8-12)19-26-10-17(22)20(28-19)27-13-1-3-14(4-2-13)29-6-5-23-11-29;;/h1-11H,(H,24,25)(H,26,27,28);2*1H. The van der Waals surface area contributed by atoms with Gasteiger partial charge in [0.15, 0.2) is 17.5 Å². The molecule has 0 unspecified atom stereocenters. The van der Waals surface area contributed by atoms with E-state index in [2.05, 4.69) is 30.2 Å². The number of nitrogens with zero attached hydrogens (tertiary/aromatic N) is 5. The summed E-state index contributed by atoms with van der Waals surface area (Å²) in [6.45, 7) is 0. The molecule has 0 saturated heterocycles. The summed E-state index contributed by atoms with van der Waals surface area (Å²) < 4.78 is 16.2. The maximum Gasteiger partial charge on any atom is 0.184 e. The number of hydrogen-bond donors (Lipinski definition) is 2. The molecule has 0 bridgehead atoms. The Hall–Kier alpha value is -3.78. The summed E-state index contributed by atoms with van der Waals surface area (Å²) >= 11 is 6.05. The van der Waals surface area contributed by atoms with Crippen LogP contribution in [0.5, 0.6) is 0 Å². The van der Waals surface area contributed by atoms with Gasteiger partial charge in [-0.25, -0.2) is 24.3 Å². The van der Waals surface area contributed by atoms with Crippen molar-refractivity contribution in [3.63, 3.8) is 0 Å². The predicted molar refractivity (Wildman–Crippen MR) is 113 cm³/mol. The number of rotatable bonds is 4. The zero-order valence-corrected chi connectivity index (χ0v) is 15.6. The molecule has 5 aromatic rings. The fraction of sp³-hybridized carbons (Fsp3) is 0. The minimum atomic E-state index is -0.552. The first kappa shape index (κ1) is 17.3. The highest BCUT2D eigenvalue weighted by Gasteiger charge is 2.14. The minimum absolute atomic E-state index is 0. The molecule has 0 aliphatic heterocycles. The van der Waals surface area contributed by atoms with E-state index in [4.69, 9.17) is 11.6 Å². The number of H-pyrrole nitrogens is 1. The van der Waals surface area contributed by atoms with Crippen LogP contribution in [0.4, 0.5) is 15.9 Å². The molecule has 29 heavy (non-hydrogen) atoms. The Balaban J connectivity index is 0.00000136. The third-order valence-electron chi connectivity index (χ3n) is 4.42. The van der Waals surface area contributed by atoms with Crippen molar-refractivity contribution < 1.29 is 7.24 Å². The number of hydrogen-bond acceptors (Lipinski definition) is 5. The number of halogens is 2. The lowest BCUT2D eigenvalue weighted by Crippen LogP contribution is -2.01. The Bertz CT molecular complexity index is 1310. The van der Waals surface area contributed by atoms with Gasteiger partial charge in [-0.1, -0.05) is 11.6 Å². The average molecular weight is 410 g/mol. The summed E-state index contributed by atoms with van der Waals surface area (Å²) in [5.74, 6) is -0.114. The van der Waals surface area contributed by atoms with Crippen LogP contribution in [0.3, 0.4) is 0 Å². The summed E-state index contributed by atoms with van der Waals surface area (Å²) in [6.07, 6.45) is 9.68. The third kappa shape index (κ3) is 3.30. The highest BCUT2D eigenvalue weighted by Crippen LogP contribution is 2.29. The molecule has 2 N–H and O–H groups in total. The fourth-order valence-electron chi connectivity index (χ4n) is 3.01. The molecule has 0 atom stereocenters. The van der Waals surface area contributed by atoms with E-state index in [1.165, 1.54) is 0 Å². The van der Waals surface area contributed by atoms with Gasteiger partial charge in [-0.2, -0.15) is 0 Å². The van der Waals surface area contributed by atoms with Crippen LogP contribution in [0.25, 0.3) is 28.1 Å². The van der Waals surface area contributed by atoms with E-state index in [1.54, 1.807) is 31.0 Å². The van der Waals surface area contributed by atoms with Crippen LogP contribution in [0.2, 0.25) is 5.02 Å². The van der Waals surface area contributed by atoms with Crippen LogP contribution in [0, 0.1) is 5.82 Å². The molecule has 4 heterocycles. The van der Waals surface area contributed by atoms with Gasteiger partial charge in [0.1, 0.15) is 5.65 Å². The molecule has 4 aromatic heterocycles. The van der Waals surface area contributed by atoms with Gasteiger partial charge in [-0.3, -0.25) is 0 Å². The lowest BCUT2D eigenvalue weighted by Gasteiger charge is -2.09. The van der Waals surface area contributed by atoms with Crippen molar-refractivity contribution in [2.45, 2.75) is 0 Å². The van der Waals surface area contributed by atoms with Crippen LogP contribution in [0.15, 0.2) is 67.6 Å². The molecule has 0 aliphatic carbocycles. The molecule has 0 amide bonds. The maximum absolute atomic E-state index is 14.3. The highest BCUT2D eigenvalue weighted by atomic mass is 35.5. The Kier molecular flexibility index (Phi) is 4.18. The van der Waals surface area contributed by atoms with E-state index in [-0.39, 0.29) is 8.67 Å². The zero-order chi connectivity index (χ0) is 19.8. The Morgan fingerprint density at radius 1 is 1.14 bits per heavy atom. The van der Waals surface area contributed by atoms with Gasteiger partial charge in [0.2, 0.25) is 0 Å². The molecule has 0 saturated carbocycles. The van der Waals surface area contributed by atoms with Crippen molar-refractivity contribution >= 4 is 34.1 Å². The molecule has 0 radical (unpaired) electrons. The normalized spacial score (nSPS) is 11.1. The second kappa shape index (κ2) is 6.99. The first-order valence-corrected chi connectivity index (χ1v) is 9.06. The van der Waals surface area contributed by atoms with Gasteiger partial charge in [0, 0.05) is 50.0 Å². The van der Waals surface area contributed by atoms with Crippen molar-refractivity contribution in [1.29, 1.82) is 0 Å². The first-order chi connectivity index (χ1) is 14.2. The topological polar surface area (TPSA) is 84.3 Å². The molecule has 7 nitrogen and oxygen atoms in total. The van der Waals surface area contributed by atoms with Crippen LogP contribution in [0.1, 0.15) is 2.85 Å². The predicted octanol–water partition coefficient (Wildman–Crippen LogP) is 5.23. The fourth-order valence-corrected chi connectivity index (χ4v) is 3.17. The average Bonchev–Trinajstić information content (AvgIpc) is 3.40. The number of aromatic amines is 1. The lowest BCUT2D eigenvalue weighted by atomic mass is 10.2. The molecular formula is C20H17ClFN7.